The summed E-state index contributed by atoms with van der Waals surface area (Å²) in [7, 11) is -2.50. The number of hydrogen-bond donors (Lipinski definition) is 0. The van der Waals surface area contributed by atoms with Gasteiger partial charge in [0.05, 0.1) is 42.4 Å². The number of sulfonamides is 1. The van der Waals surface area contributed by atoms with E-state index in [-0.39, 0.29) is 23.9 Å². The van der Waals surface area contributed by atoms with E-state index in [0.29, 0.717) is 17.9 Å². The van der Waals surface area contributed by atoms with Gasteiger partial charge in [-0.25, -0.2) is 8.42 Å². The van der Waals surface area contributed by atoms with E-state index in [1.165, 1.54) is 48.9 Å². The fraction of sp³-hybridized carbons (Fsp3) is 0.200. The highest BCUT2D eigenvalue weighted by molar-refractivity contribution is 7.89. The molecule has 0 saturated carbocycles. The standard InChI is InChI=1S/C20H19N3O4S2/c1-22(29(25,26)19-8-6-16(12-21)7-9-19)15-20(24)23(13-17-4-2-10-27-17)14-18-5-3-11-28-18/h2-11H,13-15H2,1H3. The first-order valence-corrected chi connectivity index (χ1v) is 11.0. The van der Waals surface area contributed by atoms with Gasteiger partial charge in [-0.1, -0.05) is 6.07 Å². The molecule has 0 aliphatic carbocycles. The lowest BCUT2D eigenvalue weighted by molar-refractivity contribution is -0.132. The van der Waals surface area contributed by atoms with Gasteiger partial charge in [-0.2, -0.15) is 9.57 Å². The van der Waals surface area contributed by atoms with E-state index >= 15 is 0 Å². The maximum absolute atomic E-state index is 12.9. The lowest BCUT2D eigenvalue weighted by Crippen LogP contribution is -2.40. The molecule has 29 heavy (non-hydrogen) atoms. The Balaban J connectivity index is 1.75. The highest BCUT2D eigenvalue weighted by Gasteiger charge is 2.26. The molecule has 2 aromatic heterocycles. The lowest BCUT2D eigenvalue weighted by Gasteiger charge is -2.24. The molecule has 0 bridgehead atoms. The molecule has 7 nitrogen and oxygen atoms in total. The van der Waals surface area contributed by atoms with E-state index in [1.807, 2.05) is 23.6 Å². The molecule has 9 heteroatoms. The Hall–Kier alpha value is -2.93. The number of amides is 1. The van der Waals surface area contributed by atoms with Gasteiger partial charge in [0.1, 0.15) is 5.76 Å². The summed E-state index contributed by atoms with van der Waals surface area (Å²) in [5.41, 5.74) is 0.364. The van der Waals surface area contributed by atoms with Crippen molar-refractivity contribution in [3.05, 3.63) is 76.4 Å². The smallest absolute Gasteiger partial charge is 0.243 e. The van der Waals surface area contributed by atoms with Crippen molar-refractivity contribution in [1.82, 2.24) is 9.21 Å². The molecule has 0 spiro atoms. The summed E-state index contributed by atoms with van der Waals surface area (Å²) in [5, 5.41) is 10.8. The van der Waals surface area contributed by atoms with Crippen molar-refractivity contribution in [1.29, 1.82) is 5.26 Å². The number of carbonyl (C=O) groups excluding carboxylic acids is 1. The number of furan rings is 1. The third kappa shape index (κ3) is 5.12. The summed E-state index contributed by atoms with van der Waals surface area (Å²) >= 11 is 1.52. The van der Waals surface area contributed by atoms with E-state index in [0.717, 1.165) is 9.18 Å². The summed E-state index contributed by atoms with van der Waals surface area (Å²) < 4.78 is 31.9. The minimum Gasteiger partial charge on any atom is -0.467 e. The number of benzene rings is 1. The molecule has 0 aliphatic rings. The van der Waals surface area contributed by atoms with Gasteiger partial charge < -0.3 is 9.32 Å². The van der Waals surface area contributed by atoms with Gasteiger partial charge in [0, 0.05) is 11.9 Å². The predicted molar refractivity (Wildman–Crippen MR) is 108 cm³/mol. The molecule has 3 aromatic rings. The minimum absolute atomic E-state index is 0.0302. The van der Waals surface area contributed by atoms with Crippen LogP contribution in [0, 0.1) is 11.3 Å². The number of likely N-dealkylation sites (N-methyl/N-ethyl adjacent to an activating group) is 1. The molecule has 0 N–H and O–H groups in total. The van der Waals surface area contributed by atoms with E-state index in [4.69, 9.17) is 9.68 Å². The van der Waals surface area contributed by atoms with Crippen molar-refractivity contribution in [3.63, 3.8) is 0 Å². The highest BCUT2D eigenvalue weighted by atomic mass is 32.2. The monoisotopic (exact) mass is 429 g/mol. The van der Waals surface area contributed by atoms with Crippen LogP contribution in [0.3, 0.4) is 0 Å². The first-order valence-electron chi connectivity index (χ1n) is 8.69. The predicted octanol–water partition coefficient (Wildman–Crippen LogP) is 3.06. The highest BCUT2D eigenvalue weighted by Crippen LogP contribution is 2.18. The molecule has 0 fully saturated rings. The van der Waals surface area contributed by atoms with E-state index in [9.17, 15) is 13.2 Å². The first-order chi connectivity index (χ1) is 13.9. The van der Waals surface area contributed by atoms with Gasteiger partial charge in [-0.3, -0.25) is 4.79 Å². The van der Waals surface area contributed by atoms with Crippen LogP contribution in [0.25, 0.3) is 0 Å². The molecular formula is C20H19N3O4S2. The number of thiophene rings is 1. The Morgan fingerprint density at radius 1 is 1.14 bits per heavy atom. The van der Waals surface area contributed by atoms with Crippen molar-refractivity contribution >= 4 is 27.3 Å². The summed E-state index contributed by atoms with van der Waals surface area (Å²) in [5.74, 6) is 0.280. The second-order valence-corrected chi connectivity index (χ2v) is 9.38. The second kappa shape index (κ2) is 9.05. The van der Waals surface area contributed by atoms with Crippen LogP contribution in [-0.2, 0) is 27.9 Å². The third-order valence-corrected chi connectivity index (χ3v) is 6.93. The molecule has 1 aromatic carbocycles. The number of rotatable bonds is 8. The first kappa shape index (κ1) is 20.8. The second-order valence-electron chi connectivity index (χ2n) is 6.31. The van der Waals surface area contributed by atoms with Crippen molar-refractivity contribution in [2.45, 2.75) is 18.0 Å². The van der Waals surface area contributed by atoms with Crippen LogP contribution < -0.4 is 0 Å². The van der Waals surface area contributed by atoms with Gasteiger partial charge >= 0.3 is 0 Å². The average molecular weight is 430 g/mol. The number of nitrogens with zero attached hydrogens (tertiary/aromatic N) is 3. The van der Waals surface area contributed by atoms with Gasteiger partial charge in [0.15, 0.2) is 0 Å². The van der Waals surface area contributed by atoms with Crippen LogP contribution in [0.1, 0.15) is 16.2 Å². The van der Waals surface area contributed by atoms with Crippen LogP contribution in [0.15, 0.2) is 69.5 Å². The molecule has 1 amide bonds. The molecule has 0 atom stereocenters. The van der Waals surface area contributed by atoms with Crippen molar-refractivity contribution < 1.29 is 17.6 Å². The Labute approximate surface area is 173 Å². The zero-order chi connectivity index (χ0) is 20.9. The Morgan fingerprint density at radius 2 is 1.90 bits per heavy atom. The van der Waals surface area contributed by atoms with Gasteiger partial charge in [0.25, 0.3) is 0 Å². The molecular weight excluding hydrogens is 410 g/mol. The molecule has 0 saturated heterocycles. The SMILES string of the molecule is CN(CC(=O)N(Cc1ccco1)Cc1cccs1)S(=O)(=O)c1ccc(C#N)cc1. The Morgan fingerprint density at radius 3 is 2.48 bits per heavy atom. The van der Waals surface area contributed by atoms with Crippen molar-refractivity contribution in [3.8, 4) is 6.07 Å². The molecule has 0 aliphatic heterocycles. The molecule has 2 heterocycles. The topological polar surface area (TPSA) is 94.6 Å². The summed E-state index contributed by atoms with van der Waals surface area (Å²) in [6, 6.07) is 14.9. The number of carbonyl (C=O) groups is 1. The molecule has 0 radical (unpaired) electrons. The summed E-state index contributed by atoms with van der Waals surface area (Å²) in [6.45, 7) is 0.296. The molecule has 150 valence electrons. The molecule has 3 rings (SSSR count). The lowest BCUT2D eigenvalue weighted by atomic mass is 10.2. The van der Waals surface area contributed by atoms with Crippen LogP contribution in [0.2, 0.25) is 0 Å². The minimum atomic E-state index is -3.86. The number of nitriles is 1. The Kier molecular flexibility index (Phi) is 6.49. The van der Waals surface area contributed by atoms with Crippen LogP contribution in [0.5, 0.6) is 0 Å². The van der Waals surface area contributed by atoms with Crippen LogP contribution in [0.4, 0.5) is 0 Å². The van der Waals surface area contributed by atoms with E-state index < -0.39 is 10.0 Å². The maximum atomic E-state index is 12.9. The van der Waals surface area contributed by atoms with Crippen molar-refractivity contribution in [2.24, 2.45) is 0 Å². The normalized spacial score (nSPS) is 11.3. The maximum Gasteiger partial charge on any atom is 0.243 e. The zero-order valence-electron chi connectivity index (χ0n) is 15.7. The van der Waals surface area contributed by atoms with E-state index in [2.05, 4.69) is 0 Å². The van der Waals surface area contributed by atoms with Crippen LogP contribution in [-0.4, -0.2) is 37.1 Å². The molecule has 0 unspecified atom stereocenters. The summed E-state index contributed by atoms with van der Waals surface area (Å²) in [4.78, 5) is 15.5. The zero-order valence-corrected chi connectivity index (χ0v) is 17.3. The van der Waals surface area contributed by atoms with E-state index in [1.54, 1.807) is 17.0 Å². The van der Waals surface area contributed by atoms with Gasteiger partial charge in [0.2, 0.25) is 15.9 Å². The fourth-order valence-electron chi connectivity index (χ4n) is 2.67. The number of hydrogen-bond acceptors (Lipinski definition) is 6. The third-order valence-electron chi connectivity index (χ3n) is 4.26. The van der Waals surface area contributed by atoms with Gasteiger partial charge in [-0.15, -0.1) is 11.3 Å². The average Bonchev–Trinajstić information content (AvgIpc) is 3.41. The quantitative estimate of drug-likeness (QED) is 0.548. The van der Waals surface area contributed by atoms with Crippen LogP contribution >= 0.6 is 11.3 Å². The van der Waals surface area contributed by atoms with Crippen molar-refractivity contribution in [2.75, 3.05) is 13.6 Å². The largest absolute Gasteiger partial charge is 0.467 e. The Bertz CT molecular complexity index is 1050. The van der Waals surface area contributed by atoms with Gasteiger partial charge in [-0.05, 0) is 47.8 Å². The summed E-state index contributed by atoms with van der Waals surface area (Å²) in [6.07, 6.45) is 1.53. The fourth-order valence-corrected chi connectivity index (χ4v) is 4.51.